The Kier molecular flexibility index (Phi) is 7.28. The molecule has 0 aliphatic carbocycles. The van der Waals surface area contributed by atoms with Crippen molar-refractivity contribution in [1.29, 1.82) is 0 Å². The second-order valence-corrected chi connectivity index (χ2v) is 8.65. The summed E-state index contributed by atoms with van der Waals surface area (Å²) in [6.07, 6.45) is 1.87. The molecule has 1 heterocycles. The van der Waals surface area contributed by atoms with Crippen molar-refractivity contribution in [2.75, 3.05) is 0 Å². The first-order valence-electron chi connectivity index (χ1n) is 9.78. The SMILES string of the molecule is C(#Cc1nccc(SCc2ccccc2)c1SCc1ccccc1)c1ccccc1. The maximum absolute atomic E-state index is 4.61. The zero-order chi connectivity index (χ0) is 20.4. The number of thioether (sulfide) groups is 2. The molecule has 0 unspecified atom stereocenters. The van der Waals surface area contributed by atoms with Crippen LogP contribution in [-0.4, -0.2) is 4.98 Å². The van der Waals surface area contributed by atoms with Crippen LogP contribution in [0.1, 0.15) is 22.4 Å². The fourth-order valence-electron chi connectivity index (χ4n) is 2.89. The van der Waals surface area contributed by atoms with E-state index in [1.807, 2.05) is 60.1 Å². The zero-order valence-electron chi connectivity index (χ0n) is 16.5. The number of hydrogen-bond acceptors (Lipinski definition) is 3. The van der Waals surface area contributed by atoms with E-state index in [1.165, 1.54) is 16.0 Å². The van der Waals surface area contributed by atoms with Crippen LogP contribution in [-0.2, 0) is 11.5 Å². The van der Waals surface area contributed by atoms with Crippen molar-refractivity contribution >= 4 is 23.5 Å². The molecule has 0 bridgehead atoms. The molecule has 4 aromatic rings. The topological polar surface area (TPSA) is 12.9 Å². The van der Waals surface area contributed by atoms with Crippen LogP contribution >= 0.6 is 23.5 Å². The smallest absolute Gasteiger partial charge is 0.128 e. The lowest BCUT2D eigenvalue weighted by molar-refractivity contribution is 1.10. The van der Waals surface area contributed by atoms with Crippen LogP contribution in [0.3, 0.4) is 0 Å². The molecule has 30 heavy (non-hydrogen) atoms. The third-order valence-corrected chi connectivity index (χ3v) is 6.87. The molecular formula is C27H21NS2. The molecule has 1 nitrogen and oxygen atoms in total. The highest BCUT2D eigenvalue weighted by Crippen LogP contribution is 2.36. The van der Waals surface area contributed by atoms with Gasteiger partial charge in [-0.3, -0.25) is 0 Å². The van der Waals surface area contributed by atoms with E-state index in [9.17, 15) is 0 Å². The van der Waals surface area contributed by atoms with Crippen LogP contribution in [0.15, 0.2) is 113 Å². The zero-order valence-corrected chi connectivity index (χ0v) is 18.1. The molecule has 0 N–H and O–H groups in total. The molecule has 3 heteroatoms. The molecule has 0 aliphatic rings. The molecule has 0 radical (unpaired) electrons. The Balaban J connectivity index is 1.61. The van der Waals surface area contributed by atoms with Crippen LogP contribution in [0.2, 0.25) is 0 Å². The Morgan fingerprint density at radius 3 is 1.80 bits per heavy atom. The average Bonchev–Trinajstić information content (AvgIpc) is 2.82. The van der Waals surface area contributed by atoms with Crippen molar-refractivity contribution in [1.82, 2.24) is 4.98 Å². The lowest BCUT2D eigenvalue weighted by Gasteiger charge is -2.11. The van der Waals surface area contributed by atoms with Crippen molar-refractivity contribution in [3.63, 3.8) is 0 Å². The molecule has 0 atom stereocenters. The third-order valence-electron chi connectivity index (χ3n) is 4.43. The molecule has 0 saturated carbocycles. The van der Waals surface area contributed by atoms with Gasteiger partial charge in [-0.15, -0.1) is 23.5 Å². The highest BCUT2D eigenvalue weighted by Gasteiger charge is 2.11. The minimum Gasteiger partial charge on any atom is -0.247 e. The quantitative estimate of drug-likeness (QED) is 0.243. The van der Waals surface area contributed by atoms with E-state index in [0.717, 1.165) is 27.7 Å². The Labute approximate surface area is 187 Å². The lowest BCUT2D eigenvalue weighted by atomic mass is 10.2. The van der Waals surface area contributed by atoms with Crippen LogP contribution in [0.4, 0.5) is 0 Å². The predicted molar refractivity (Wildman–Crippen MR) is 129 cm³/mol. The first kappa shape index (κ1) is 20.3. The van der Waals surface area contributed by atoms with Crippen molar-refractivity contribution in [3.05, 3.63) is 126 Å². The summed E-state index contributed by atoms with van der Waals surface area (Å²) in [5.74, 6) is 8.39. The Morgan fingerprint density at radius 2 is 1.17 bits per heavy atom. The summed E-state index contributed by atoms with van der Waals surface area (Å²) in [5.41, 5.74) is 4.46. The van der Waals surface area contributed by atoms with Gasteiger partial charge in [0.2, 0.25) is 0 Å². The highest BCUT2D eigenvalue weighted by molar-refractivity contribution is 8.01. The number of hydrogen-bond donors (Lipinski definition) is 0. The highest BCUT2D eigenvalue weighted by atomic mass is 32.2. The molecule has 0 saturated heterocycles. The normalized spacial score (nSPS) is 10.3. The Bertz CT molecular complexity index is 1130. The van der Waals surface area contributed by atoms with E-state index >= 15 is 0 Å². The molecule has 0 fully saturated rings. The lowest BCUT2D eigenvalue weighted by Crippen LogP contribution is -1.92. The number of aromatic nitrogens is 1. The van der Waals surface area contributed by atoms with Gasteiger partial charge in [0.15, 0.2) is 0 Å². The summed E-state index contributed by atoms with van der Waals surface area (Å²) in [7, 11) is 0. The molecule has 3 aromatic carbocycles. The van der Waals surface area contributed by atoms with Gasteiger partial charge < -0.3 is 0 Å². The number of rotatable bonds is 6. The Morgan fingerprint density at radius 1 is 0.600 bits per heavy atom. The molecule has 1 aromatic heterocycles. The fourth-order valence-corrected chi connectivity index (χ4v) is 5.10. The number of benzene rings is 3. The van der Waals surface area contributed by atoms with E-state index < -0.39 is 0 Å². The van der Waals surface area contributed by atoms with Crippen LogP contribution < -0.4 is 0 Å². The van der Waals surface area contributed by atoms with Gasteiger partial charge in [0.25, 0.3) is 0 Å². The predicted octanol–water partition coefficient (Wildman–Crippen LogP) is 7.07. The molecule has 146 valence electrons. The molecule has 4 rings (SSSR count). The van der Waals surface area contributed by atoms with Crippen molar-refractivity contribution < 1.29 is 0 Å². The number of pyridine rings is 1. The maximum atomic E-state index is 4.61. The summed E-state index contributed by atoms with van der Waals surface area (Å²) in [5, 5.41) is 0. The van der Waals surface area contributed by atoms with Gasteiger partial charge in [0, 0.05) is 28.2 Å². The van der Waals surface area contributed by atoms with Crippen LogP contribution in [0.5, 0.6) is 0 Å². The van der Waals surface area contributed by atoms with Gasteiger partial charge in [-0.25, -0.2) is 4.98 Å². The maximum Gasteiger partial charge on any atom is 0.128 e. The van der Waals surface area contributed by atoms with Crippen molar-refractivity contribution in [2.24, 2.45) is 0 Å². The second-order valence-electron chi connectivity index (χ2n) is 6.65. The van der Waals surface area contributed by atoms with Gasteiger partial charge in [0.1, 0.15) is 5.69 Å². The van der Waals surface area contributed by atoms with Gasteiger partial charge in [-0.05, 0) is 35.2 Å². The van der Waals surface area contributed by atoms with Crippen LogP contribution in [0.25, 0.3) is 0 Å². The molecular weight excluding hydrogens is 402 g/mol. The largest absolute Gasteiger partial charge is 0.247 e. The summed E-state index contributed by atoms with van der Waals surface area (Å²) in [6, 6.07) is 33.3. The van der Waals surface area contributed by atoms with E-state index in [0.29, 0.717) is 0 Å². The molecule has 0 spiro atoms. The minimum atomic E-state index is 0.845. The van der Waals surface area contributed by atoms with Gasteiger partial charge in [0.05, 0.1) is 4.90 Å². The van der Waals surface area contributed by atoms with Crippen LogP contribution in [0, 0.1) is 11.8 Å². The number of nitrogens with zero attached hydrogens (tertiary/aromatic N) is 1. The van der Waals surface area contributed by atoms with E-state index in [-0.39, 0.29) is 0 Å². The van der Waals surface area contributed by atoms with Gasteiger partial charge in [-0.1, -0.05) is 84.8 Å². The third kappa shape index (κ3) is 5.79. The van der Waals surface area contributed by atoms with E-state index in [2.05, 4.69) is 83.6 Å². The van der Waals surface area contributed by atoms with E-state index in [4.69, 9.17) is 0 Å². The first-order valence-corrected chi connectivity index (χ1v) is 11.7. The van der Waals surface area contributed by atoms with Crippen molar-refractivity contribution in [3.8, 4) is 11.8 Å². The molecule has 0 aliphatic heterocycles. The van der Waals surface area contributed by atoms with Crippen molar-refractivity contribution in [2.45, 2.75) is 21.3 Å². The summed E-state index contributed by atoms with van der Waals surface area (Å²) in [6.45, 7) is 0. The van der Waals surface area contributed by atoms with E-state index in [1.54, 1.807) is 0 Å². The summed E-state index contributed by atoms with van der Waals surface area (Å²) < 4.78 is 0. The second kappa shape index (κ2) is 10.7. The van der Waals surface area contributed by atoms with Gasteiger partial charge in [-0.2, -0.15) is 0 Å². The minimum absolute atomic E-state index is 0.845. The average molecular weight is 424 g/mol. The summed E-state index contributed by atoms with van der Waals surface area (Å²) in [4.78, 5) is 7.00. The standard InChI is InChI=1S/C27H21NS2/c1-4-10-22(11-5-1)16-17-25-27(30-21-24-14-8-3-9-15-24)26(18-19-28-25)29-20-23-12-6-2-7-13-23/h1-15,18-19H,20-21H2. The van der Waals surface area contributed by atoms with Gasteiger partial charge >= 0.3 is 0 Å². The fraction of sp³-hybridized carbons (Fsp3) is 0.0741. The Hall–Kier alpha value is -2.93. The first-order chi connectivity index (χ1) is 14.9. The summed E-state index contributed by atoms with van der Waals surface area (Å²) >= 11 is 3.65. The monoisotopic (exact) mass is 423 g/mol. The molecule has 0 amide bonds.